The minimum Gasteiger partial charge on any atom is -0.507 e. The van der Waals surface area contributed by atoms with Gasteiger partial charge in [0.2, 0.25) is 0 Å². The van der Waals surface area contributed by atoms with E-state index in [0.717, 1.165) is 4.70 Å². The number of halogens is 1. The van der Waals surface area contributed by atoms with E-state index >= 15 is 0 Å². The van der Waals surface area contributed by atoms with Crippen LogP contribution in [0.4, 0.5) is 9.52 Å². The Morgan fingerprint density at radius 3 is 2.59 bits per heavy atom. The van der Waals surface area contributed by atoms with Gasteiger partial charge in [-0.3, -0.25) is 4.57 Å². The lowest BCUT2D eigenvalue weighted by atomic mass is 10.1. The number of phenols is 1. The zero-order valence-electron chi connectivity index (χ0n) is 15.7. The molecule has 2 N–H and O–H groups in total. The summed E-state index contributed by atoms with van der Waals surface area (Å²) >= 11 is 1.22. The van der Waals surface area contributed by atoms with Crippen molar-refractivity contribution in [3.8, 4) is 5.75 Å². The van der Waals surface area contributed by atoms with E-state index < -0.39 is 25.2 Å². The number of thiazole rings is 1. The van der Waals surface area contributed by atoms with Gasteiger partial charge in [0.1, 0.15) is 17.1 Å². The van der Waals surface area contributed by atoms with Crippen molar-refractivity contribution < 1.29 is 32.6 Å². The minimum absolute atomic E-state index is 0.109. The Labute approximate surface area is 169 Å². The van der Waals surface area contributed by atoms with Crippen LogP contribution in [0.2, 0.25) is 0 Å². The number of methoxy groups -OCH3 is 1. The number of rotatable bonds is 7. The maximum atomic E-state index is 13.5. The van der Waals surface area contributed by atoms with Gasteiger partial charge < -0.3 is 24.2 Å². The molecule has 8 nitrogen and oxygen atoms in total. The smallest absolute Gasteiger partial charge is 0.356 e. The summed E-state index contributed by atoms with van der Waals surface area (Å²) in [6.45, 7) is 0. The lowest BCUT2D eigenvalue weighted by Gasteiger charge is -2.25. The zero-order valence-corrected chi connectivity index (χ0v) is 17.4. The summed E-state index contributed by atoms with van der Waals surface area (Å²) < 4.78 is 42.3. The number of ether oxygens (including phenoxy) is 1. The molecule has 0 saturated carbocycles. The summed E-state index contributed by atoms with van der Waals surface area (Å²) in [4.78, 5) is 16.2. The van der Waals surface area contributed by atoms with Gasteiger partial charge in [0.25, 0.3) is 0 Å². The van der Waals surface area contributed by atoms with E-state index in [1.807, 2.05) is 0 Å². The number of aromatic nitrogens is 1. The number of phenolic OH excluding ortho intramolecular Hbond substituents is 1. The van der Waals surface area contributed by atoms with Crippen LogP contribution in [0.1, 0.15) is 21.7 Å². The number of aromatic hydroxyl groups is 1. The number of hydrogen-bond donors (Lipinski definition) is 2. The highest BCUT2D eigenvalue weighted by molar-refractivity contribution is 7.54. The number of anilines is 1. The van der Waals surface area contributed by atoms with E-state index in [4.69, 9.17) is 9.05 Å². The van der Waals surface area contributed by atoms with Crippen LogP contribution in [0, 0.1) is 5.82 Å². The fraction of sp³-hybridized carbons (Fsp3) is 0.222. The van der Waals surface area contributed by atoms with Crippen molar-refractivity contribution >= 4 is 40.3 Å². The van der Waals surface area contributed by atoms with Crippen LogP contribution in [-0.2, 0) is 18.3 Å². The van der Waals surface area contributed by atoms with Gasteiger partial charge in [-0.1, -0.05) is 17.4 Å². The van der Waals surface area contributed by atoms with E-state index in [2.05, 4.69) is 15.0 Å². The van der Waals surface area contributed by atoms with Crippen LogP contribution >= 0.6 is 18.9 Å². The Bertz CT molecular complexity index is 1100. The standard InChI is InChI=1S/C18H18FN2O6PS/c1-25-17(23)12-8-10(4-6-14(12)22)16(28(24,26-2)27-3)21-18-20-13-9-11(19)5-7-15(13)29-18/h4-9,16,22H,1-3H3,(H,20,21)/t16-/m1/s1. The molecule has 3 aromatic rings. The van der Waals surface area contributed by atoms with E-state index in [0.29, 0.717) is 16.2 Å². The predicted octanol–water partition coefficient (Wildman–Crippen LogP) is 4.52. The molecule has 0 aliphatic carbocycles. The Morgan fingerprint density at radius 1 is 1.21 bits per heavy atom. The van der Waals surface area contributed by atoms with Crippen molar-refractivity contribution in [3.05, 3.63) is 53.3 Å². The SMILES string of the molecule is COC(=O)c1cc([C@H](Nc2nc3cc(F)ccc3s2)P(=O)(OC)OC)ccc1O. The lowest BCUT2D eigenvalue weighted by Crippen LogP contribution is -2.14. The number of hydrogen-bond acceptors (Lipinski definition) is 9. The minimum atomic E-state index is -3.76. The number of esters is 1. The molecule has 1 atom stereocenters. The van der Waals surface area contributed by atoms with Gasteiger partial charge in [0.05, 0.1) is 17.3 Å². The number of nitrogens with zero attached hydrogens (tertiary/aromatic N) is 1. The molecule has 0 radical (unpaired) electrons. The average molecular weight is 440 g/mol. The van der Waals surface area contributed by atoms with Crippen LogP contribution in [0.15, 0.2) is 36.4 Å². The van der Waals surface area contributed by atoms with Crippen LogP contribution in [0.3, 0.4) is 0 Å². The van der Waals surface area contributed by atoms with Crippen LogP contribution in [0.5, 0.6) is 5.75 Å². The third-order valence-corrected chi connectivity index (χ3v) is 7.22. The van der Waals surface area contributed by atoms with E-state index in [1.165, 1.54) is 63.0 Å². The molecule has 0 spiro atoms. The molecule has 29 heavy (non-hydrogen) atoms. The number of nitrogens with one attached hydrogen (secondary N) is 1. The van der Waals surface area contributed by atoms with Gasteiger partial charge in [0.15, 0.2) is 10.9 Å². The second-order valence-electron chi connectivity index (χ2n) is 5.85. The summed E-state index contributed by atoms with van der Waals surface area (Å²) in [5.74, 6) is -2.54. The molecular weight excluding hydrogens is 422 g/mol. The van der Waals surface area contributed by atoms with E-state index in [9.17, 15) is 18.9 Å². The molecule has 1 aromatic heterocycles. The van der Waals surface area contributed by atoms with Gasteiger partial charge >= 0.3 is 13.6 Å². The monoisotopic (exact) mass is 440 g/mol. The molecule has 0 aliphatic rings. The molecule has 0 bridgehead atoms. The highest BCUT2D eigenvalue weighted by atomic mass is 32.1. The first-order valence-corrected chi connectivity index (χ1v) is 10.7. The molecule has 0 saturated heterocycles. The molecule has 2 aromatic carbocycles. The Balaban J connectivity index is 2.07. The van der Waals surface area contributed by atoms with Gasteiger partial charge in [0, 0.05) is 20.3 Å². The molecule has 0 amide bonds. The Hall–Kier alpha value is -2.52. The fourth-order valence-corrected chi connectivity index (χ4v) is 5.05. The summed E-state index contributed by atoms with van der Waals surface area (Å²) in [5.41, 5.74) is 0.657. The molecule has 11 heteroatoms. The summed E-state index contributed by atoms with van der Waals surface area (Å²) in [6, 6.07) is 8.27. The number of fused-ring (bicyclic) bond motifs is 1. The highest BCUT2D eigenvalue weighted by Crippen LogP contribution is 2.60. The highest BCUT2D eigenvalue weighted by Gasteiger charge is 2.37. The normalized spacial score (nSPS) is 12.7. The molecule has 0 unspecified atom stereocenters. The maximum Gasteiger partial charge on any atom is 0.356 e. The second-order valence-corrected chi connectivity index (χ2v) is 9.21. The summed E-state index contributed by atoms with van der Waals surface area (Å²) in [6.07, 6.45) is 0. The maximum absolute atomic E-state index is 13.5. The topological polar surface area (TPSA) is 107 Å². The molecular formula is C18H18FN2O6PS. The number of carbonyl (C=O) groups is 1. The molecule has 0 fully saturated rings. The molecule has 154 valence electrons. The van der Waals surface area contributed by atoms with Crippen molar-refractivity contribution in [1.29, 1.82) is 0 Å². The largest absolute Gasteiger partial charge is 0.507 e. The molecule has 1 heterocycles. The van der Waals surface area contributed by atoms with Gasteiger partial charge in [-0.15, -0.1) is 0 Å². The van der Waals surface area contributed by atoms with Gasteiger partial charge in [-0.2, -0.15) is 0 Å². The zero-order chi connectivity index (χ0) is 21.2. The van der Waals surface area contributed by atoms with Crippen molar-refractivity contribution in [1.82, 2.24) is 4.98 Å². The van der Waals surface area contributed by atoms with Crippen LogP contribution in [0.25, 0.3) is 10.2 Å². The van der Waals surface area contributed by atoms with Crippen molar-refractivity contribution in [2.45, 2.75) is 5.78 Å². The lowest BCUT2D eigenvalue weighted by molar-refractivity contribution is 0.0597. The Morgan fingerprint density at radius 2 is 1.93 bits per heavy atom. The van der Waals surface area contributed by atoms with Gasteiger partial charge in [-0.25, -0.2) is 14.2 Å². The average Bonchev–Trinajstić information content (AvgIpc) is 3.13. The van der Waals surface area contributed by atoms with Gasteiger partial charge in [-0.05, 0) is 29.8 Å². The number of benzene rings is 2. The first kappa shape index (κ1) is 21.2. The predicted molar refractivity (Wildman–Crippen MR) is 107 cm³/mol. The van der Waals surface area contributed by atoms with Crippen molar-refractivity contribution in [2.75, 3.05) is 26.6 Å². The number of carbonyl (C=O) groups excluding carboxylic acids is 1. The molecule has 0 aliphatic heterocycles. The Kier molecular flexibility index (Phi) is 6.18. The van der Waals surface area contributed by atoms with E-state index in [-0.39, 0.29) is 11.3 Å². The van der Waals surface area contributed by atoms with Crippen molar-refractivity contribution in [2.24, 2.45) is 0 Å². The summed E-state index contributed by atoms with van der Waals surface area (Å²) in [7, 11) is -0.116. The third kappa shape index (κ3) is 4.25. The fourth-order valence-electron chi connectivity index (χ4n) is 2.71. The van der Waals surface area contributed by atoms with Crippen LogP contribution < -0.4 is 5.32 Å². The second kappa shape index (κ2) is 8.46. The van der Waals surface area contributed by atoms with E-state index in [1.54, 1.807) is 6.07 Å². The van der Waals surface area contributed by atoms with Crippen molar-refractivity contribution in [3.63, 3.8) is 0 Å². The third-order valence-electron chi connectivity index (χ3n) is 4.18. The molecule has 3 rings (SSSR count). The first-order chi connectivity index (χ1) is 13.8. The first-order valence-electron chi connectivity index (χ1n) is 8.26. The van der Waals surface area contributed by atoms with Crippen LogP contribution in [-0.4, -0.2) is 37.4 Å². The quantitative estimate of drug-likeness (QED) is 0.408. The summed E-state index contributed by atoms with van der Waals surface area (Å²) in [5, 5.41) is 13.3.